The molecule has 2 atom stereocenters. The average molecular weight is 220 g/mol. The van der Waals surface area contributed by atoms with Crippen molar-refractivity contribution in [3.63, 3.8) is 0 Å². The Morgan fingerprint density at radius 2 is 1.81 bits per heavy atom. The van der Waals surface area contributed by atoms with Crippen LogP contribution >= 0.6 is 0 Å². The molecule has 0 aromatic heterocycles. The lowest BCUT2D eigenvalue weighted by Gasteiger charge is -2.39. The van der Waals surface area contributed by atoms with Gasteiger partial charge in [0, 0.05) is 5.41 Å². The van der Waals surface area contributed by atoms with Crippen LogP contribution in [0.4, 0.5) is 0 Å². The van der Waals surface area contributed by atoms with Crippen LogP contribution in [0.5, 0.6) is 0 Å². The summed E-state index contributed by atoms with van der Waals surface area (Å²) in [5.74, 6) is 0. The summed E-state index contributed by atoms with van der Waals surface area (Å²) in [6.45, 7) is 15.2. The van der Waals surface area contributed by atoms with Crippen molar-refractivity contribution in [3.8, 4) is 0 Å². The minimum atomic E-state index is -0.0306. The molecule has 0 amide bonds. The zero-order valence-electron chi connectivity index (χ0n) is 11.3. The van der Waals surface area contributed by atoms with Crippen molar-refractivity contribution >= 4 is 0 Å². The van der Waals surface area contributed by atoms with Crippen LogP contribution in [0.25, 0.3) is 0 Å². The summed E-state index contributed by atoms with van der Waals surface area (Å²) < 4.78 is 6.22. The first kappa shape index (κ1) is 11.9. The number of allylic oxidation sites excluding steroid dienone is 2. The van der Waals surface area contributed by atoms with Gasteiger partial charge in [0.25, 0.3) is 0 Å². The molecule has 16 heavy (non-hydrogen) atoms. The highest BCUT2D eigenvalue weighted by molar-refractivity contribution is 5.40. The van der Waals surface area contributed by atoms with Gasteiger partial charge in [-0.05, 0) is 45.6 Å². The summed E-state index contributed by atoms with van der Waals surface area (Å²) in [7, 11) is 0. The van der Waals surface area contributed by atoms with Gasteiger partial charge in [0.2, 0.25) is 0 Å². The summed E-state index contributed by atoms with van der Waals surface area (Å²) >= 11 is 0. The number of epoxide rings is 1. The van der Waals surface area contributed by atoms with Gasteiger partial charge in [0.15, 0.2) is 0 Å². The molecule has 1 heteroatoms. The van der Waals surface area contributed by atoms with Crippen LogP contribution < -0.4 is 0 Å². The Bertz CT molecular complexity index is 364. The summed E-state index contributed by atoms with van der Waals surface area (Å²) in [6, 6.07) is 0. The van der Waals surface area contributed by atoms with Gasteiger partial charge in [-0.2, -0.15) is 0 Å². The fraction of sp³-hybridized carbons (Fsp3) is 0.733. The van der Waals surface area contributed by atoms with E-state index in [4.69, 9.17) is 4.74 Å². The fourth-order valence-corrected chi connectivity index (χ4v) is 3.94. The predicted molar refractivity (Wildman–Crippen MR) is 68.4 cm³/mol. The van der Waals surface area contributed by atoms with E-state index in [9.17, 15) is 0 Å². The van der Waals surface area contributed by atoms with Gasteiger partial charge >= 0.3 is 0 Å². The van der Waals surface area contributed by atoms with E-state index in [1.807, 2.05) is 0 Å². The molecule has 0 aromatic carbocycles. The smallest absolute Gasteiger partial charge is 0.124 e. The van der Waals surface area contributed by atoms with Crippen molar-refractivity contribution in [1.29, 1.82) is 0 Å². The lowest BCUT2D eigenvalue weighted by Crippen LogP contribution is -2.43. The van der Waals surface area contributed by atoms with Gasteiger partial charge in [-0.1, -0.05) is 32.1 Å². The molecule has 0 unspecified atom stereocenters. The molecule has 1 saturated heterocycles. The Morgan fingerprint density at radius 3 is 2.31 bits per heavy atom. The first-order valence-electron chi connectivity index (χ1n) is 6.30. The highest BCUT2D eigenvalue weighted by atomic mass is 16.6. The van der Waals surface area contributed by atoms with Crippen molar-refractivity contribution in [1.82, 2.24) is 0 Å². The van der Waals surface area contributed by atoms with Crippen molar-refractivity contribution < 1.29 is 4.74 Å². The molecule has 1 aliphatic carbocycles. The van der Waals surface area contributed by atoms with Gasteiger partial charge in [0.1, 0.15) is 11.2 Å². The summed E-state index contributed by atoms with van der Waals surface area (Å²) in [6.07, 6.45) is 5.92. The van der Waals surface area contributed by atoms with E-state index in [1.165, 1.54) is 24.8 Å². The minimum Gasteiger partial charge on any atom is -0.357 e. The van der Waals surface area contributed by atoms with E-state index >= 15 is 0 Å². The number of rotatable bonds is 2. The lowest BCUT2D eigenvalue weighted by atomic mass is 9.61. The molecule has 1 saturated carbocycles. The quantitative estimate of drug-likeness (QED) is 0.501. The van der Waals surface area contributed by atoms with Crippen molar-refractivity contribution in [2.45, 2.75) is 65.1 Å². The van der Waals surface area contributed by atoms with Crippen molar-refractivity contribution in [2.75, 3.05) is 0 Å². The number of fused-ring (bicyclic) bond motifs is 1. The Hall–Kier alpha value is -0.560. The van der Waals surface area contributed by atoms with E-state index in [0.717, 1.165) is 5.57 Å². The lowest BCUT2D eigenvalue weighted by molar-refractivity contribution is 0.155. The highest BCUT2D eigenvalue weighted by Gasteiger charge is 2.75. The molecule has 1 heterocycles. The van der Waals surface area contributed by atoms with Gasteiger partial charge in [-0.25, -0.2) is 0 Å². The van der Waals surface area contributed by atoms with Gasteiger partial charge in [-0.15, -0.1) is 0 Å². The number of ether oxygens (including phenoxy) is 1. The second-order valence-electron chi connectivity index (χ2n) is 6.43. The molecule has 0 aromatic rings. The second kappa shape index (κ2) is 3.22. The SMILES string of the molecule is C=C(C)/C=C(\C)[C@]12O[C@@]1(C)CCCC2(C)C. The molecule has 0 radical (unpaired) electrons. The Balaban J connectivity index is 2.41. The maximum atomic E-state index is 6.22. The second-order valence-corrected chi connectivity index (χ2v) is 6.43. The van der Waals surface area contributed by atoms with Crippen LogP contribution in [0.15, 0.2) is 23.8 Å². The molecule has 2 rings (SSSR count). The molecule has 90 valence electrons. The molecule has 1 aliphatic heterocycles. The van der Waals surface area contributed by atoms with E-state index in [0.29, 0.717) is 0 Å². The van der Waals surface area contributed by atoms with Crippen molar-refractivity contribution in [2.24, 2.45) is 5.41 Å². The molecule has 0 N–H and O–H groups in total. The zero-order valence-corrected chi connectivity index (χ0v) is 11.3. The van der Waals surface area contributed by atoms with Crippen LogP contribution in [0, 0.1) is 5.41 Å². The fourth-order valence-electron chi connectivity index (χ4n) is 3.94. The highest BCUT2D eigenvalue weighted by Crippen LogP contribution is 2.68. The average Bonchev–Trinajstić information content (AvgIpc) is 2.73. The molecule has 0 spiro atoms. The first-order chi connectivity index (χ1) is 7.25. The van der Waals surface area contributed by atoms with E-state index in [1.54, 1.807) is 0 Å². The molecular weight excluding hydrogens is 196 g/mol. The number of hydrogen-bond acceptors (Lipinski definition) is 1. The maximum absolute atomic E-state index is 6.22. The topological polar surface area (TPSA) is 12.5 Å². The van der Waals surface area contributed by atoms with Crippen molar-refractivity contribution in [3.05, 3.63) is 23.8 Å². The predicted octanol–water partition coefficient (Wildman–Crippen LogP) is 4.25. The van der Waals surface area contributed by atoms with Crippen LogP contribution in [0.3, 0.4) is 0 Å². The van der Waals surface area contributed by atoms with Crippen LogP contribution in [-0.4, -0.2) is 11.2 Å². The van der Waals surface area contributed by atoms with E-state index < -0.39 is 0 Å². The number of hydrogen-bond donors (Lipinski definition) is 0. The molecule has 0 bridgehead atoms. The van der Waals surface area contributed by atoms with E-state index in [2.05, 4.69) is 47.3 Å². The third kappa shape index (κ3) is 1.34. The normalized spacial score (nSPS) is 41.4. The Morgan fingerprint density at radius 1 is 1.19 bits per heavy atom. The third-order valence-electron chi connectivity index (χ3n) is 4.51. The largest absolute Gasteiger partial charge is 0.357 e. The summed E-state index contributed by atoms with van der Waals surface area (Å²) in [4.78, 5) is 0. The third-order valence-corrected chi connectivity index (χ3v) is 4.51. The van der Waals surface area contributed by atoms with Crippen LogP contribution in [0.2, 0.25) is 0 Å². The molecule has 2 aliphatic rings. The standard InChI is InChI=1S/C15H24O/c1-11(2)10-12(3)15-13(4,5)8-7-9-14(15,6)16-15/h10H,1,7-9H2,2-6H3/b12-10+/t14-,15+/m0/s1. The van der Waals surface area contributed by atoms with Gasteiger partial charge < -0.3 is 4.74 Å². The Labute approximate surface area is 99.6 Å². The zero-order chi connectivity index (χ0) is 12.2. The molecule has 2 fully saturated rings. The summed E-state index contributed by atoms with van der Waals surface area (Å²) in [5, 5.41) is 0. The van der Waals surface area contributed by atoms with Crippen LogP contribution in [-0.2, 0) is 4.74 Å². The van der Waals surface area contributed by atoms with Crippen LogP contribution in [0.1, 0.15) is 53.9 Å². The van der Waals surface area contributed by atoms with Gasteiger partial charge in [-0.3, -0.25) is 0 Å². The monoisotopic (exact) mass is 220 g/mol. The maximum Gasteiger partial charge on any atom is 0.124 e. The molecule has 1 nitrogen and oxygen atoms in total. The molecular formula is C15H24O. The van der Waals surface area contributed by atoms with E-state index in [-0.39, 0.29) is 16.6 Å². The minimum absolute atomic E-state index is 0.0306. The summed E-state index contributed by atoms with van der Waals surface area (Å²) in [5.41, 5.74) is 2.76. The Kier molecular flexibility index (Phi) is 2.40. The first-order valence-corrected chi connectivity index (χ1v) is 6.30. The van der Waals surface area contributed by atoms with Gasteiger partial charge in [0.05, 0.1) is 0 Å².